The summed E-state index contributed by atoms with van der Waals surface area (Å²) in [6.45, 7) is 3.42. The van der Waals surface area contributed by atoms with Gasteiger partial charge in [0.1, 0.15) is 12.1 Å². The van der Waals surface area contributed by atoms with Crippen LogP contribution in [0.3, 0.4) is 0 Å². The van der Waals surface area contributed by atoms with Crippen LogP contribution in [-0.4, -0.2) is 29.1 Å². The molecule has 3 aromatic rings. The minimum atomic E-state index is -1.10. The first-order valence-electron chi connectivity index (χ1n) is 8.81. The molecular formula is C21H22N2O4. The van der Waals surface area contributed by atoms with Gasteiger partial charge >= 0.3 is 5.97 Å². The second kappa shape index (κ2) is 7.23. The summed E-state index contributed by atoms with van der Waals surface area (Å²) < 4.78 is 6.61. The number of methoxy groups -OCH3 is 1. The van der Waals surface area contributed by atoms with E-state index in [0.717, 1.165) is 0 Å². The summed E-state index contributed by atoms with van der Waals surface area (Å²) in [5.74, 6) is -0.823. The fraction of sp³-hybridized carbons (Fsp3) is 0.286. The van der Waals surface area contributed by atoms with Crippen LogP contribution in [0.15, 0.2) is 53.3 Å². The summed E-state index contributed by atoms with van der Waals surface area (Å²) in [6.07, 6.45) is 0.400. The van der Waals surface area contributed by atoms with Gasteiger partial charge in [-0.15, -0.1) is 0 Å². The average molecular weight is 366 g/mol. The lowest BCUT2D eigenvalue weighted by atomic mass is 9.99. The van der Waals surface area contributed by atoms with E-state index < -0.39 is 11.5 Å². The highest BCUT2D eigenvalue weighted by atomic mass is 16.5. The van der Waals surface area contributed by atoms with Gasteiger partial charge in [0, 0.05) is 10.8 Å². The third kappa shape index (κ3) is 3.30. The number of para-hydroxylation sites is 2. The Labute approximate surface area is 156 Å². The lowest BCUT2D eigenvalue weighted by molar-refractivity contribution is -0.150. The van der Waals surface area contributed by atoms with Crippen LogP contribution in [0.5, 0.6) is 0 Å². The molecule has 27 heavy (non-hydrogen) atoms. The first kappa shape index (κ1) is 18.6. The van der Waals surface area contributed by atoms with Crippen molar-refractivity contribution < 1.29 is 14.3 Å². The molecule has 1 N–H and O–H groups in total. The molecule has 0 unspecified atom stereocenters. The third-order valence-corrected chi connectivity index (χ3v) is 4.94. The number of benzene rings is 2. The molecule has 0 aliphatic heterocycles. The van der Waals surface area contributed by atoms with Crippen molar-refractivity contribution in [1.82, 2.24) is 9.88 Å². The molecule has 3 rings (SSSR count). The largest absolute Gasteiger partial charge is 0.467 e. The van der Waals surface area contributed by atoms with E-state index in [-0.39, 0.29) is 17.9 Å². The number of rotatable bonds is 5. The maximum atomic E-state index is 12.8. The van der Waals surface area contributed by atoms with Gasteiger partial charge in [0.05, 0.1) is 18.1 Å². The number of carbonyl (C=O) groups is 2. The molecule has 0 aliphatic carbocycles. The summed E-state index contributed by atoms with van der Waals surface area (Å²) in [5.41, 5.74) is 0.183. The first-order chi connectivity index (χ1) is 12.9. The molecule has 0 saturated heterocycles. The van der Waals surface area contributed by atoms with Crippen LogP contribution in [-0.2, 0) is 20.9 Å². The Bertz CT molecular complexity index is 1030. The number of fused-ring (bicyclic) bond motifs is 2. The molecule has 2 aromatic carbocycles. The monoisotopic (exact) mass is 366 g/mol. The Hall–Kier alpha value is -3.15. The zero-order valence-electron chi connectivity index (χ0n) is 15.6. The Morgan fingerprint density at radius 2 is 1.56 bits per heavy atom. The van der Waals surface area contributed by atoms with Crippen LogP contribution in [0.2, 0.25) is 0 Å². The van der Waals surface area contributed by atoms with Crippen LogP contribution in [0.4, 0.5) is 0 Å². The average Bonchev–Trinajstić information content (AvgIpc) is 2.70. The Morgan fingerprint density at radius 1 is 1.04 bits per heavy atom. The number of ether oxygens (including phenoxy) is 1. The van der Waals surface area contributed by atoms with E-state index in [0.29, 0.717) is 28.2 Å². The van der Waals surface area contributed by atoms with Gasteiger partial charge in [-0.25, -0.2) is 4.79 Å². The number of nitrogens with zero attached hydrogens (tertiary/aromatic N) is 1. The molecule has 6 heteroatoms. The number of pyridine rings is 1. The van der Waals surface area contributed by atoms with Crippen molar-refractivity contribution in [3.05, 3.63) is 58.8 Å². The van der Waals surface area contributed by atoms with Crippen LogP contribution >= 0.6 is 0 Å². The highest BCUT2D eigenvalue weighted by Crippen LogP contribution is 2.19. The molecule has 0 saturated carbocycles. The molecule has 1 aromatic heterocycles. The molecule has 1 heterocycles. The standard InChI is InChI=1S/C21H22N2O4/c1-4-21(2,20(26)27-3)22-18(24)13-23-16-11-7-5-9-14(16)19(25)15-10-6-8-12-17(15)23/h5-12H,4,13H2,1-3H3,(H,22,24)/t21-/m1/s1. The van der Waals surface area contributed by atoms with Crippen molar-refractivity contribution in [1.29, 1.82) is 0 Å². The third-order valence-electron chi connectivity index (χ3n) is 4.94. The summed E-state index contributed by atoms with van der Waals surface area (Å²) in [5, 5.41) is 3.88. The molecule has 1 amide bonds. The van der Waals surface area contributed by atoms with E-state index in [4.69, 9.17) is 4.74 Å². The van der Waals surface area contributed by atoms with Gasteiger partial charge in [-0.05, 0) is 37.6 Å². The lowest BCUT2D eigenvalue weighted by Crippen LogP contribution is -2.53. The van der Waals surface area contributed by atoms with Gasteiger partial charge in [-0.2, -0.15) is 0 Å². The lowest BCUT2D eigenvalue weighted by Gasteiger charge is -2.27. The van der Waals surface area contributed by atoms with Crippen molar-refractivity contribution in [3.63, 3.8) is 0 Å². The number of hydrogen-bond acceptors (Lipinski definition) is 4. The molecule has 0 bridgehead atoms. The van der Waals surface area contributed by atoms with Crippen molar-refractivity contribution in [2.24, 2.45) is 0 Å². The van der Waals surface area contributed by atoms with E-state index in [1.54, 1.807) is 42.7 Å². The van der Waals surface area contributed by atoms with Gasteiger partial charge in [0.25, 0.3) is 0 Å². The van der Waals surface area contributed by atoms with Gasteiger partial charge in [0.15, 0.2) is 5.43 Å². The van der Waals surface area contributed by atoms with Crippen molar-refractivity contribution in [2.45, 2.75) is 32.4 Å². The van der Waals surface area contributed by atoms with Crippen LogP contribution < -0.4 is 10.7 Å². The molecule has 0 radical (unpaired) electrons. The molecule has 0 aliphatic rings. The molecule has 140 valence electrons. The second-order valence-corrected chi connectivity index (χ2v) is 6.67. The number of hydrogen-bond donors (Lipinski definition) is 1. The smallest absolute Gasteiger partial charge is 0.331 e. The van der Waals surface area contributed by atoms with Gasteiger partial charge in [-0.1, -0.05) is 31.2 Å². The normalized spacial score (nSPS) is 13.3. The predicted molar refractivity (Wildman–Crippen MR) is 105 cm³/mol. The molecule has 6 nitrogen and oxygen atoms in total. The topological polar surface area (TPSA) is 77.4 Å². The zero-order chi connectivity index (χ0) is 19.6. The second-order valence-electron chi connectivity index (χ2n) is 6.67. The van der Waals surface area contributed by atoms with Crippen molar-refractivity contribution in [3.8, 4) is 0 Å². The number of amides is 1. The molecular weight excluding hydrogens is 344 g/mol. The summed E-state index contributed by atoms with van der Waals surface area (Å²) in [7, 11) is 1.30. The first-order valence-corrected chi connectivity index (χ1v) is 8.81. The summed E-state index contributed by atoms with van der Waals surface area (Å²) >= 11 is 0. The molecule has 0 spiro atoms. The fourth-order valence-corrected chi connectivity index (χ4v) is 3.25. The van der Waals surface area contributed by atoms with E-state index in [9.17, 15) is 14.4 Å². The van der Waals surface area contributed by atoms with Crippen LogP contribution in [0.25, 0.3) is 21.8 Å². The number of aromatic nitrogens is 1. The maximum Gasteiger partial charge on any atom is 0.331 e. The molecule has 1 atom stereocenters. The number of carbonyl (C=O) groups excluding carboxylic acids is 2. The molecule has 0 fully saturated rings. The minimum Gasteiger partial charge on any atom is -0.467 e. The minimum absolute atomic E-state index is 0.0199. The quantitative estimate of drug-likeness (QED) is 0.556. The highest BCUT2D eigenvalue weighted by Gasteiger charge is 2.34. The van der Waals surface area contributed by atoms with Gasteiger partial charge in [-0.3, -0.25) is 9.59 Å². The Morgan fingerprint density at radius 3 is 2.04 bits per heavy atom. The fourth-order valence-electron chi connectivity index (χ4n) is 3.25. The van der Waals surface area contributed by atoms with Gasteiger partial charge in [0.2, 0.25) is 5.91 Å². The number of nitrogens with one attached hydrogen (secondary N) is 1. The van der Waals surface area contributed by atoms with E-state index in [1.165, 1.54) is 7.11 Å². The Balaban J connectivity index is 2.08. The zero-order valence-corrected chi connectivity index (χ0v) is 15.6. The van der Waals surface area contributed by atoms with E-state index >= 15 is 0 Å². The van der Waals surface area contributed by atoms with Gasteiger partial charge < -0.3 is 14.6 Å². The highest BCUT2D eigenvalue weighted by molar-refractivity contribution is 5.95. The van der Waals surface area contributed by atoms with Crippen molar-refractivity contribution in [2.75, 3.05) is 7.11 Å². The number of esters is 1. The van der Waals surface area contributed by atoms with Crippen molar-refractivity contribution >= 4 is 33.7 Å². The summed E-state index contributed by atoms with van der Waals surface area (Å²) in [6, 6.07) is 14.4. The van der Waals surface area contributed by atoms with Crippen LogP contribution in [0.1, 0.15) is 20.3 Å². The predicted octanol–water partition coefficient (Wildman–Crippen LogP) is 2.61. The Kier molecular flexibility index (Phi) is 4.99. The van der Waals surface area contributed by atoms with Crippen LogP contribution in [0, 0.1) is 0 Å². The maximum absolute atomic E-state index is 12.8. The summed E-state index contributed by atoms with van der Waals surface area (Å²) in [4.78, 5) is 37.6. The SMILES string of the molecule is CC[C@@](C)(NC(=O)Cn1c2ccccc2c(=O)c2ccccc21)C(=O)OC. The van der Waals surface area contributed by atoms with E-state index in [1.807, 2.05) is 24.3 Å². The van der Waals surface area contributed by atoms with E-state index in [2.05, 4.69) is 5.32 Å².